The SMILES string of the molecule is C[C@@H]1C[C@@H]2CCCC[C@H]2C[C@H]1C. The van der Waals surface area contributed by atoms with E-state index in [0.29, 0.717) is 0 Å². The molecule has 0 aromatic rings. The maximum absolute atomic E-state index is 2.45. The Balaban J connectivity index is 1.98. The molecule has 0 unspecified atom stereocenters. The summed E-state index contributed by atoms with van der Waals surface area (Å²) in [6, 6.07) is 0. The van der Waals surface area contributed by atoms with Gasteiger partial charge in [-0.15, -0.1) is 0 Å². The second-order valence-electron chi connectivity index (χ2n) is 5.23. The van der Waals surface area contributed by atoms with Crippen molar-refractivity contribution in [1.82, 2.24) is 0 Å². The molecule has 0 spiro atoms. The van der Waals surface area contributed by atoms with Gasteiger partial charge >= 0.3 is 0 Å². The summed E-state index contributed by atoms with van der Waals surface area (Å²) in [5, 5.41) is 0. The lowest BCUT2D eigenvalue weighted by Gasteiger charge is -2.41. The number of fused-ring (bicyclic) bond motifs is 1. The molecule has 0 heteroatoms. The molecule has 2 rings (SSSR count). The second-order valence-corrected chi connectivity index (χ2v) is 5.23. The smallest absolute Gasteiger partial charge is 0.0383 e. The van der Waals surface area contributed by atoms with Gasteiger partial charge in [-0.25, -0.2) is 0 Å². The molecule has 2 aliphatic rings. The fourth-order valence-electron chi connectivity index (χ4n) is 3.32. The van der Waals surface area contributed by atoms with E-state index in [0.717, 1.165) is 23.7 Å². The summed E-state index contributed by atoms with van der Waals surface area (Å²) < 4.78 is 0. The zero-order valence-electron chi connectivity index (χ0n) is 8.55. The van der Waals surface area contributed by atoms with Gasteiger partial charge in [0.05, 0.1) is 0 Å². The van der Waals surface area contributed by atoms with E-state index in [-0.39, 0.29) is 0 Å². The fourth-order valence-corrected chi connectivity index (χ4v) is 3.32. The maximum Gasteiger partial charge on any atom is -0.0383 e. The van der Waals surface area contributed by atoms with Gasteiger partial charge in [-0.1, -0.05) is 39.5 Å². The molecular formula is C12H22. The Hall–Kier alpha value is 0. The number of hydrogen-bond donors (Lipinski definition) is 0. The van der Waals surface area contributed by atoms with Crippen LogP contribution in [0, 0.1) is 23.7 Å². The van der Waals surface area contributed by atoms with Crippen LogP contribution in [0.5, 0.6) is 0 Å². The van der Waals surface area contributed by atoms with Crippen LogP contribution in [0.2, 0.25) is 0 Å². The van der Waals surface area contributed by atoms with Crippen molar-refractivity contribution < 1.29 is 0 Å². The summed E-state index contributed by atoms with van der Waals surface area (Å²) in [5.41, 5.74) is 0. The number of rotatable bonds is 0. The van der Waals surface area contributed by atoms with Crippen molar-refractivity contribution in [2.24, 2.45) is 23.7 Å². The Kier molecular flexibility index (Phi) is 2.43. The van der Waals surface area contributed by atoms with Gasteiger partial charge in [0.1, 0.15) is 0 Å². The highest BCUT2D eigenvalue weighted by atomic mass is 14.4. The van der Waals surface area contributed by atoms with E-state index in [1.165, 1.54) is 25.7 Å². The molecule has 12 heavy (non-hydrogen) atoms. The van der Waals surface area contributed by atoms with Gasteiger partial charge in [-0.3, -0.25) is 0 Å². The van der Waals surface area contributed by atoms with Gasteiger partial charge in [0.15, 0.2) is 0 Å². The number of hydrogen-bond acceptors (Lipinski definition) is 0. The van der Waals surface area contributed by atoms with Gasteiger partial charge in [-0.2, -0.15) is 0 Å². The van der Waals surface area contributed by atoms with E-state index in [1.54, 1.807) is 12.8 Å². The lowest BCUT2D eigenvalue weighted by molar-refractivity contribution is 0.0942. The van der Waals surface area contributed by atoms with Crippen LogP contribution in [0.1, 0.15) is 52.4 Å². The highest BCUT2D eigenvalue weighted by molar-refractivity contribution is 4.84. The highest BCUT2D eigenvalue weighted by Crippen LogP contribution is 2.44. The van der Waals surface area contributed by atoms with Crippen LogP contribution >= 0.6 is 0 Å². The summed E-state index contributed by atoms with van der Waals surface area (Å²) in [6.07, 6.45) is 9.19. The maximum atomic E-state index is 2.45. The van der Waals surface area contributed by atoms with E-state index in [4.69, 9.17) is 0 Å². The monoisotopic (exact) mass is 166 g/mol. The highest BCUT2D eigenvalue weighted by Gasteiger charge is 2.33. The first-order valence-corrected chi connectivity index (χ1v) is 5.77. The molecule has 0 aromatic carbocycles. The predicted molar refractivity (Wildman–Crippen MR) is 53.0 cm³/mol. The van der Waals surface area contributed by atoms with Crippen molar-refractivity contribution in [3.8, 4) is 0 Å². The lowest BCUT2D eigenvalue weighted by Crippen LogP contribution is -2.31. The van der Waals surface area contributed by atoms with Crippen LogP contribution in [-0.2, 0) is 0 Å². The predicted octanol–water partition coefficient (Wildman–Crippen LogP) is 3.86. The second kappa shape index (κ2) is 3.40. The van der Waals surface area contributed by atoms with Gasteiger partial charge in [0, 0.05) is 0 Å². The molecule has 0 aliphatic heterocycles. The van der Waals surface area contributed by atoms with Crippen molar-refractivity contribution in [1.29, 1.82) is 0 Å². The standard InChI is InChI=1S/C12H22/c1-9-7-11-5-3-4-6-12(11)8-10(9)2/h9-12H,3-8H2,1-2H3/t9-,10-,11+,12+/m1/s1. The van der Waals surface area contributed by atoms with Crippen LogP contribution in [0.3, 0.4) is 0 Å². The molecule has 0 N–H and O–H groups in total. The molecule has 0 bridgehead atoms. The summed E-state index contributed by atoms with van der Waals surface area (Å²) in [5.74, 6) is 4.24. The zero-order chi connectivity index (χ0) is 8.55. The molecule has 0 heterocycles. The minimum Gasteiger partial charge on any atom is -0.0622 e. The first kappa shape index (κ1) is 8.59. The summed E-state index contributed by atoms with van der Waals surface area (Å²) in [6.45, 7) is 4.91. The first-order valence-electron chi connectivity index (χ1n) is 5.77. The Morgan fingerprint density at radius 2 is 1.17 bits per heavy atom. The topological polar surface area (TPSA) is 0 Å². The summed E-state index contributed by atoms with van der Waals surface area (Å²) in [4.78, 5) is 0. The van der Waals surface area contributed by atoms with Crippen molar-refractivity contribution in [2.45, 2.75) is 52.4 Å². The van der Waals surface area contributed by atoms with Crippen LogP contribution in [-0.4, -0.2) is 0 Å². The lowest BCUT2D eigenvalue weighted by atomic mass is 9.64. The Morgan fingerprint density at radius 3 is 1.58 bits per heavy atom. The third kappa shape index (κ3) is 1.53. The zero-order valence-corrected chi connectivity index (χ0v) is 8.55. The van der Waals surface area contributed by atoms with Crippen LogP contribution in [0.4, 0.5) is 0 Å². The average Bonchev–Trinajstić information content (AvgIpc) is 2.07. The molecule has 2 aliphatic carbocycles. The van der Waals surface area contributed by atoms with Crippen molar-refractivity contribution >= 4 is 0 Å². The van der Waals surface area contributed by atoms with E-state index in [2.05, 4.69) is 13.8 Å². The van der Waals surface area contributed by atoms with Gasteiger partial charge in [-0.05, 0) is 36.5 Å². The van der Waals surface area contributed by atoms with Crippen LogP contribution < -0.4 is 0 Å². The molecule has 70 valence electrons. The summed E-state index contributed by atoms with van der Waals surface area (Å²) in [7, 11) is 0. The molecule has 0 radical (unpaired) electrons. The van der Waals surface area contributed by atoms with Crippen molar-refractivity contribution in [3.05, 3.63) is 0 Å². The molecule has 0 nitrogen and oxygen atoms in total. The molecule has 4 atom stereocenters. The molecule has 2 fully saturated rings. The van der Waals surface area contributed by atoms with Gasteiger partial charge < -0.3 is 0 Å². The first-order chi connectivity index (χ1) is 5.77. The Labute approximate surface area is 76.7 Å². The van der Waals surface area contributed by atoms with Crippen molar-refractivity contribution in [2.75, 3.05) is 0 Å². The summed E-state index contributed by atoms with van der Waals surface area (Å²) >= 11 is 0. The quantitative estimate of drug-likeness (QED) is 0.512. The minimum absolute atomic E-state index is 1.00. The molecular weight excluding hydrogens is 144 g/mol. The van der Waals surface area contributed by atoms with Crippen molar-refractivity contribution in [3.63, 3.8) is 0 Å². The fraction of sp³-hybridized carbons (Fsp3) is 1.00. The third-order valence-corrected chi connectivity index (χ3v) is 4.39. The van der Waals surface area contributed by atoms with Crippen LogP contribution in [0.15, 0.2) is 0 Å². The third-order valence-electron chi connectivity index (χ3n) is 4.39. The van der Waals surface area contributed by atoms with E-state index in [9.17, 15) is 0 Å². The van der Waals surface area contributed by atoms with Crippen LogP contribution in [0.25, 0.3) is 0 Å². The normalized spacial score (nSPS) is 48.5. The minimum atomic E-state index is 1.00. The van der Waals surface area contributed by atoms with E-state index >= 15 is 0 Å². The average molecular weight is 166 g/mol. The molecule has 0 saturated heterocycles. The van der Waals surface area contributed by atoms with Gasteiger partial charge in [0.25, 0.3) is 0 Å². The molecule has 0 aromatic heterocycles. The Morgan fingerprint density at radius 1 is 0.750 bits per heavy atom. The van der Waals surface area contributed by atoms with Gasteiger partial charge in [0.2, 0.25) is 0 Å². The molecule has 2 saturated carbocycles. The van der Waals surface area contributed by atoms with E-state index in [1.807, 2.05) is 0 Å². The van der Waals surface area contributed by atoms with E-state index < -0.39 is 0 Å². The largest absolute Gasteiger partial charge is 0.0622 e. The molecule has 0 amide bonds. The Bertz CT molecular complexity index is 132.